The summed E-state index contributed by atoms with van der Waals surface area (Å²) in [6.45, 7) is 2.04. The molecule has 0 atom stereocenters. The standard InChI is InChI=1S/C26H22FN5O4/c1-15-7-10-20-21(11-15)31(14-16-5-4-6-17(27)12-16)26(34)24-29-23(30-32(20)24)25(33)28-19-9-8-18(35-2)13-22(19)36-3/h4-13H,14H2,1-3H3,(H,28,33). The van der Waals surface area contributed by atoms with E-state index in [9.17, 15) is 14.0 Å². The number of anilines is 1. The number of hydrogen-bond acceptors (Lipinski definition) is 6. The molecule has 9 nitrogen and oxygen atoms in total. The molecule has 10 heteroatoms. The average Bonchev–Trinajstić information content (AvgIpc) is 3.33. The van der Waals surface area contributed by atoms with Crippen LogP contribution >= 0.6 is 0 Å². The van der Waals surface area contributed by atoms with Gasteiger partial charge in [0.05, 0.1) is 37.5 Å². The molecular formula is C26H22FN5O4. The van der Waals surface area contributed by atoms with Gasteiger partial charge < -0.3 is 14.8 Å². The highest BCUT2D eigenvalue weighted by molar-refractivity contribution is 6.03. The van der Waals surface area contributed by atoms with Crippen molar-refractivity contribution in [3.8, 4) is 11.5 Å². The van der Waals surface area contributed by atoms with E-state index in [1.54, 1.807) is 30.3 Å². The highest BCUT2D eigenvalue weighted by Gasteiger charge is 2.20. The number of fused-ring (bicyclic) bond motifs is 3. The molecule has 0 aliphatic carbocycles. The van der Waals surface area contributed by atoms with Crippen molar-refractivity contribution < 1.29 is 18.7 Å². The summed E-state index contributed by atoms with van der Waals surface area (Å²) in [5.41, 5.74) is 2.64. The van der Waals surface area contributed by atoms with E-state index < -0.39 is 17.3 Å². The molecule has 0 spiro atoms. The molecule has 0 bridgehead atoms. The largest absolute Gasteiger partial charge is 0.497 e. The summed E-state index contributed by atoms with van der Waals surface area (Å²) in [4.78, 5) is 30.8. The van der Waals surface area contributed by atoms with Crippen molar-refractivity contribution >= 4 is 28.3 Å². The molecule has 5 aromatic rings. The minimum absolute atomic E-state index is 0.0189. The third-order valence-corrected chi connectivity index (χ3v) is 5.78. The second-order valence-corrected chi connectivity index (χ2v) is 8.20. The molecule has 36 heavy (non-hydrogen) atoms. The van der Waals surface area contributed by atoms with Crippen LogP contribution in [0.25, 0.3) is 16.7 Å². The van der Waals surface area contributed by atoms with E-state index in [0.29, 0.717) is 33.8 Å². The second-order valence-electron chi connectivity index (χ2n) is 8.20. The SMILES string of the molecule is COc1ccc(NC(=O)c2nc3c(=O)n(Cc4cccc(F)c4)c4cc(C)ccc4n3n2)c(OC)c1. The molecule has 0 aliphatic heterocycles. The van der Waals surface area contributed by atoms with Crippen LogP contribution in [0, 0.1) is 12.7 Å². The fourth-order valence-corrected chi connectivity index (χ4v) is 4.03. The molecule has 1 amide bonds. The lowest BCUT2D eigenvalue weighted by Crippen LogP contribution is -2.24. The van der Waals surface area contributed by atoms with Gasteiger partial charge >= 0.3 is 0 Å². The first kappa shape index (κ1) is 23.0. The third kappa shape index (κ3) is 4.13. The van der Waals surface area contributed by atoms with Gasteiger partial charge in [0.15, 0.2) is 0 Å². The Morgan fingerprint density at radius 1 is 1.03 bits per heavy atom. The molecule has 0 saturated heterocycles. The van der Waals surface area contributed by atoms with Crippen LogP contribution in [-0.2, 0) is 6.54 Å². The Morgan fingerprint density at radius 3 is 2.61 bits per heavy atom. The summed E-state index contributed by atoms with van der Waals surface area (Å²) in [5, 5.41) is 7.05. The number of nitrogens with zero attached hydrogens (tertiary/aromatic N) is 4. The maximum Gasteiger partial charge on any atom is 0.296 e. The summed E-state index contributed by atoms with van der Waals surface area (Å²) >= 11 is 0. The van der Waals surface area contributed by atoms with Crippen LogP contribution in [-0.4, -0.2) is 39.3 Å². The first-order chi connectivity index (χ1) is 17.4. The van der Waals surface area contributed by atoms with E-state index in [4.69, 9.17) is 9.47 Å². The van der Waals surface area contributed by atoms with Crippen LogP contribution in [0.3, 0.4) is 0 Å². The van der Waals surface area contributed by atoms with Crippen LogP contribution in [0.2, 0.25) is 0 Å². The van der Waals surface area contributed by atoms with Gasteiger partial charge in [-0.25, -0.2) is 8.91 Å². The molecule has 182 valence electrons. The topological polar surface area (TPSA) is 99.8 Å². The maximum absolute atomic E-state index is 13.8. The summed E-state index contributed by atoms with van der Waals surface area (Å²) in [6.07, 6.45) is 0. The number of hydrogen-bond donors (Lipinski definition) is 1. The fraction of sp³-hybridized carbons (Fsp3) is 0.154. The van der Waals surface area contributed by atoms with Crippen molar-refractivity contribution in [3.05, 3.63) is 93.8 Å². The Balaban J connectivity index is 1.61. The summed E-state index contributed by atoms with van der Waals surface area (Å²) < 4.78 is 27.2. The number of rotatable bonds is 6. The zero-order valence-electron chi connectivity index (χ0n) is 19.8. The number of ether oxygens (including phenoxy) is 2. The number of nitrogens with one attached hydrogen (secondary N) is 1. The molecule has 1 N–H and O–H groups in total. The third-order valence-electron chi connectivity index (χ3n) is 5.78. The van der Waals surface area contributed by atoms with Gasteiger partial charge in [0, 0.05) is 6.07 Å². The summed E-state index contributed by atoms with van der Waals surface area (Å²) in [5.74, 6) is -0.229. The lowest BCUT2D eigenvalue weighted by Gasteiger charge is -2.12. The molecule has 3 aromatic carbocycles. The van der Waals surface area contributed by atoms with Crippen LogP contribution in [0.1, 0.15) is 21.7 Å². The number of aromatic nitrogens is 4. The molecule has 2 heterocycles. The number of carbonyl (C=O) groups is 1. The number of aryl methyl sites for hydroxylation is 1. The van der Waals surface area contributed by atoms with Crippen molar-refractivity contribution in [1.82, 2.24) is 19.2 Å². The first-order valence-electron chi connectivity index (χ1n) is 11.1. The van der Waals surface area contributed by atoms with Gasteiger partial charge in [-0.15, -0.1) is 5.10 Å². The van der Waals surface area contributed by atoms with Crippen LogP contribution in [0.15, 0.2) is 65.5 Å². The van der Waals surface area contributed by atoms with Crippen molar-refractivity contribution in [2.24, 2.45) is 0 Å². The maximum atomic E-state index is 13.8. The van der Waals surface area contributed by atoms with E-state index in [1.165, 1.54) is 35.4 Å². The highest BCUT2D eigenvalue weighted by Crippen LogP contribution is 2.29. The predicted molar refractivity (Wildman–Crippen MR) is 132 cm³/mol. The quantitative estimate of drug-likeness (QED) is 0.391. The zero-order chi connectivity index (χ0) is 25.4. The van der Waals surface area contributed by atoms with Gasteiger partial charge in [0.2, 0.25) is 11.5 Å². The minimum Gasteiger partial charge on any atom is -0.497 e. The molecule has 0 radical (unpaired) electrons. The number of halogens is 1. The van der Waals surface area contributed by atoms with E-state index >= 15 is 0 Å². The number of carbonyl (C=O) groups excluding carboxylic acids is 1. The Bertz CT molecular complexity index is 1690. The lowest BCUT2D eigenvalue weighted by atomic mass is 10.2. The number of amides is 1. The Morgan fingerprint density at radius 2 is 1.86 bits per heavy atom. The monoisotopic (exact) mass is 487 g/mol. The molecule has 0 fully saturated rings. The van der Waals surface area contributed by atoms with Crippen molar-refractivity contribution in [1.29, 1.82) is 0 Å². The van der Waals surface area contributed by atoms with Gasteiger partial charge in [-0.1, -0.05) is 18.2 Å². The van der Waals surface area contributed by atoms with Gasteiger partial charge in [-0.2, -0.15) is 4.98 Å². The van der Waals surface area contributed by atoms with Crippen LogP contribution in [0.4, 0.5) is 10.1 Å². The van der Waals surface area contributed by atoms with E-state index in [2.05, 4.69) is 15.4 Å². The average molecular weight is 487 g/mol. The van der Waals surface area contributed by atoms with Crippen molar-refractivity contribution in [3.63, 3.8) is 0 Å². The van der Waals surface area contributed by atoms with Crippen LogP contribution < -0.4 is 20.3 Å². The first-order valence-corrected chi connectivity index (χ1v) is 11.1. The molecule has 0 saturated carbocycles. The number of methoxy groups -OCH3 is 2. The lowest BCUT2D eigenvalue weighted by molar-refractivity contribution is 0.101. The zero-order valence-corrected chi connectivity index (χ0v) is 19.8. The van der Waals surface area contributed by atoms with E-state index in [0.717, 1.165) is 5.56 Å². The molecule has 2 aromatic heterocycles. The second kappa shape index (κ2) is 9.14. The summed E-state index contributed by atoms with van der Waals surface area (Å²) in [7, 11) is 3.00. The van der Waals surface area contributed by atoms with Crippen LogP contribution in [0.5, 0.6) is 11.5 Å². The van der Waals surface area contributed by atoms with Crippen molar-refractivity contribution in [2.45, 2.75) is 13.5 Å². The molecular weight excluding hydrogens is 465 g/mol. The normalized spacial score (nSPS) is 11.1. The Hall–Kier alpha value is -4.73. The Kier molecular flexibility index (Phi) is 5.85. The Labute approximate surface area is 204 Å². The predicted octanol–water partition coefficient (Wildman–Crippen LogP) is 3.81. The van der Waals surface area contributed by atoms with E-state index in [-0.39, 0.29) is 18.0 Å². The minimum atomic E-state index is -0.612. The fourth-order valence-electron chi connectivity index (χ4n) is 4.03. The van der Waals surface area contributed by atoms with Gasteiger partial charge in [-0.3, -0.25) is 14.2 Å². The molecule has 0 unspecified atom stereocenters. The van der Waals surface area contributed by atoms with E-state index in [1.807, 2.05) is 25.1 Å². The van der Waals surface area contributed by atoms with Crippen molar-refractivity contribution in [2.75, 3.05) is 19.5 Å². The number of benzene rings is 3. The molecule has 0 aliphatic rings. The van der Waals surface area contributed by atoms with Gasteiger partial charge in [0.25, 0.3) is 11.5 Å². The summed E-state index contributed by atoms with van der Waals surface area (Å²) in [6, 6.07) is 16.5. The smallest absolute Gasteiger partial charge is 0.296 e. The molecule has 5 rings (SSSR count). The van der Waals surface area contributed by atoms with Gasteiger partial charge in [-0.05, 0) is 54.4 Å². The van der Waals surface area contributed by atoms with Gasteiger partial charge in [0.1, 0.15) is 17.3 Å². The highest BCUT2D eigenvalue weighted by atomic mass is 19.1.